The molecular formula is C13H15N2O+. The Morgan fingerprint density at radius 1 is 1.38 bits per heavy atom. The monoisotopic (exact) mass is 215 g/mol. The van der Waals surface area contributed by atoms with Gasteiger partial charge < -0.3 is 5.11 Å². The van der Waals surface area contributed by atoms with Crippen molar-refractivity contribution in [3.05, 3.63) is 53.1 Å². The van der Waals surface area contributed by atoms with Crippen molar-refractivity contribution in [3.63, 3.8) is 0 Å². The number of rotatable bonds is 0. The molecule has 1 N–H and O–H groups in total. The summed E-state index contributed by atoms with van der Waals surface area (Å²) in [5, 5.41) is 10.4. The fourth-order valence-electron chi connectivity index (χ4n) is 2.50. The smallest absolute Gasteiger partial charge is 0.244 e. The Bertz CT molecular complexity index is 557. The second-order valence-corrected chi connectivity index (χ2v) is 4.43. The molecule has 1 atom stereocenters. The molecule has 3 heteroatoms. The van der Waals surface area contributed by atoms with Crippen molar-refractivity contribution in [1.82, 2.24) is 4.57 Å². The number of hydrogen-bond donors (Lipinski definition) is 1. The van der Waals surface area contributed by atoms with Gasteiger partial charge in [-0.1, -0.05) is 24.3 Å². The topological polar surface area (TPSA) is 29.0 Å². The molecule has 2 aromatic rings. The Kier molecular flexibility index (Phi) is 1.91. The van der Waals surface area contributed by atoms with E-state index in [2.05, 4.69) is 15.2 Å². The van der Waals surface area contributed by atoms with Crippen LogP contribution in [0.1, 0.15) is 28.6 Å². The van der Waals surface area contributed by atoms with E-state index < -0.39 is 6.10 Å². The minimum absolute atomic E-state index is 0.494. The Hall–Kier alpha value is -1.61. The van der Waals surface area contributed by atoms with E-state index in [4.69, 9.17) is 0 Å². The molecular weight excluding hydrogens is 200 g/mol. The molecule has 0 spiro atoms. The van der Waals surface area contributed by atoms with Crippen molar-refractivity contribution in [1.29, 1.82) is 0 Å². The summed E-state index contributed by atoms with van der Waals surface area (Å²) in [5.41, 5.74) is 4.39. The minimum Gasteiger partial charge on any atom is -0.380 e. The lowest BCUT2D eigenvalue weighted by Gasteiger charge is -2.19. The second kappa shape index (κ2) is 3.19. The van der Waals surface area contributed by atoms with Gasteiger partial charge in [-0.05, 0) is 11.1 Å². The van der Waals surface area contributed by atoms with Crippen LogP contribution < -0.4 is 4.57 Å². The van der Waals surface area contributed by atoms with E-state index in [0.717, 1.165) is 23.5 Å². The van der Waals surface area contributed by atoms with Gasteiger partial charge in [-0.15, -0.1) is 0 Å². The number of aliphatic hydroxyl groups is 1. The molecule has 1 aromatic carbocycles. The van der Waals surface area contributed by atoms with Crippen LogP contribution in [-0.4, -0.2) is 9.67 Å². The predicted molar refractivity (Wildman–Crippen MR) is 60.0 cm³/mol. The zero-order valence-corrected chi connectivity index (χ0v) is 9.51. The van der Waals surface area contributed by atoms with E-state index in [1.54, 1.807) is 0 Å². The highest BCUT2D eigenvalue weighted by Gasteiger charge is 2.31. The van der Waals surface area contributed by atoms with Crippen LogP contribution in [0.25, 0.3) is 0 Å². The van der Waals surface area contributed by atoms with E-state index in [9.17, 15) is 5.11 Å². The zero-order chi connectivity index (χ0) is 11.3. The van der Waals surface area contributed by atoms with Crippen molar-refractivity contribution < 1.29 is 9.67 Å². The van der Waals surface area contributed by atoms with Crippen molar-refractivity contribution in [2.75, 3.05) is 0 Å². The number of hydrogen-bond acceptors (Lipinski definition) is 1. The summed E-state index contributed by atoms with van der Waals surface area (Å²) < 4.78 is 4.19. The Balaban J connectivity index is 2.22. The molecule has 1 aliphatic rings. The van der Waals surface area contributed by atoms with Crippen LogP contribution >= 0.6 is 0 Å². The summed E-state index contributed by atoms with van der Waals surface area (Å²) in [5.74, 6) is 0. The highest BCUT2D eigenvalue weighted by molar-refractivity contribution is 5.35. The average molecular weight is 215 g/mol. The average Bonchev–Trinajstić information content (AvgIpc) is 2.55. The molecule has 3 rings (SSSR count). The normalized spacial score (nSPS) is 18.1. The first-order valence-corrected chi connectivity index (χ1v) is 5.49. The molecule has 3 nitrogen and oxygen atoms in total. The molecule has 1 unspecified atom stereocenters. The first kappa shape index (κ1) is 9.60. The lowest BCUT2D eigenvalue weighted by molar-refractivity contribution is -0.700. The van der Waals surface area contributed by atoms with Gasteiger partial charge in [-0.25, -0.2) is 9.13 Å². The van der Waals surface area contributed by atoms with E-state index >= 15 is 0 Å². The highest BCUT2D eigenvalue weighted by atomic mass is 16.3. The number of aryl methyl sites for hydroxylation is 1. The van der Waals surface area contributed by atoms with Crippen LogP contribution in [-0.2, 0) is 13.6 Å². The molecule has 0 aliphatic carbocycles. The third-order valence-electron chi connectivity index (χ3n) is 3.47. The van der Waals surface area contributed by atoms with Crippen molar-refractivity contribution >= 4 is 0 Å². The van der Waals surface area contributed by atoms with Crippen LogP contribution in [0, 0.1) is 6.92 Å². The first-order valence-electron chi connectivity index (χ1n) is 5.49. The van der Waals surface area contributed by atoms with E-state index in [1.807, 2.05) is 38.5 Å². The standard InChI is InChI=1S/C13H15N2O/c1-9-12-13(16)11-6-4-3-5-10(11)7-15(12)8-14(9)2/h3-6,8,13,16H,7H2,1-2H3/q+1. The summed E-state index contributed by atoms with van der Waals surface area (Å²) in [6, 6.07) is 8.09. The summed E-state index contributed by atoms with van der Waals surface area (Å²) in [7, 11) is 2.01. The molecule has 0 radical (unpaired) electrons. The van der Waals surface area contributed by atoms with Gasteiger partial charge in [-0.2, -0.15) is 0 Å². The third kappa shape index (κ3) is 1.15. The number of aromatic nitrogens is 2. The Morgan fingerprint density at radius 3 is 2.94 bits per heavy atom. The van der Waals surface area contributed by atoms with Crippen LogP contribution in [0.4, 0.5) is 0 Å². The summed E-state index contributed by atoms with van der Waals surface area (Å²) >= 11 is 0. The van der Waals surface area contributed by atoms with Crippen LogP contribution in [0.2, 0.25) is 0 Å². The number of aliphatic hydroxyl groups excluding tert-OH is 1. The third-order valence-corrected chi connectivity index (χ3v) is 3.47. The summed E-state index contributed by atoms with van der Waals surface area (Å²) in [4.78, 5) is 0. The molecule has 0 amide bonds. The van der Waals surface area contributed by atoms with Gasteiger partial charge in [0.2, 0.25) is 6.33 Å². The molecule has 0 saturated heterocycles. The maximum atomic E-state index is 10.4. The van der Waals surface area contributed by atoms with Crippen molar-refractivity contribution in [3.8, 4) is 0 Å². The Morgan fingerprint density at radius 2 is 2.12 bits per heavy atom. The zero-order valence-electron chi connectivity index (χ0n) is 9.51. The summed E-state index contributed by atoms with van der Waals surface area (Å²) in [6.45, 7) is 2.90. The van der Waals surface area contributed by atoms with Gasteiger partial charge in [0.15, 0.2) is 5.69 Å². The van der Waals surface area contributed by atoms with Gasteiger partial charge >= 0.3 is 0 Å². The molecule has 0 saturated carbocycles. The lowest BCUT2D eigenvalue weighted by atomic mass is 9.96. The van der Waals surface area contributed by atoms with E-state index in [0.29, 0.717) is 0 Å². The fourth-order valence-corrected chi connectivity index (χ4v) is 2.50. The predicted octanol–water partition coefficient (Wildman–Crippen LogP) is 1.06. The van der Waals surface area contributed by atoms with Crippen LogP contribution in [0.5, 0.6) is 0 Å². The van der Waals surface area contributed by atoms with Gasteiger partial charge in [0, 0.05) is 6.92 Å². The van der Waals surface area contributed by atoms with Crippen LogP contribution in [0.3, 0.4) is 0 Å². The molecule has 0 bridgehead atoms. The molecule has 16 heavy (non-hydrogen) atoms. The molecule has 1 aliphatic heterocycles. The number of nitrogens with zero attached hydrogens (tertiary/aromatic N) is 2. The molecule has 2 heterocycles. The number of fused-ring (bicyclic) bond motifs is 2. The molecule has 1 aromatic heterocycles. The SMILES string of the molecule is Cc1c2[n+](cn1C)Cc1ccccc1C2O. The Labute approximate surface area is 94.6 Å². The molecule has 0 fully saturated rings. The summed E-state index contributed by atoms with van der Waals surface area (Å²) in [6.07, 6.45) is 1.55. The maximum Gasteiger partial charge on any atom is 0.244 e. The second-order valence-electron chi connectivity index (χ2n) is 4.43. The van der Waals surface area contributed by atoms with E-state index in [1.165, 1.54) is 5.56 Å². The van der Waals surface area contributed by atoms with E-state index in [-0.39, 0.29) is 0 Å². The van der Waals surface area contributed by atoms with Crippen molar-refractivity contribution in [2.24, 2.45) is 7.05 Å². The van der Waals surface area contributed by atoms with Crippen molar-refractivity contribution in [2.45, 2.75) is 19.6 Å². The number of benzene rings is 1. The highest BCUT2D eigenvalue weighted by Crippen LogP contribution is 2.28. The first-order chi connectivity index (χ1) is 7.68. The maximum absolute atomic E-state index is 10.4. The fraction of sp³-hybridized carbons (Fsp3) is 0.308. The minimum atomic E-state index is -0.494. The molecule has 82 valence electrons. The lowest BCUT2D eigenvalue weighted by Crippen LogP contribution is -2.42. The largest absolute Gasteiger partial charge is 0.380 e. The van der Waals surface area contributed by atoms with Gasteiger partial charge in [0.25, 0.3) is 0 Å². The van der Waals surface area contributed by atoms with Gasteiger partial charge in [-0.3, -0.25) is 0 Å². The van der Waals surface area contributed by atoms with Gasteiger partial charge in [0.1, 0.15) is 18.3 Å². The van der Waals surface area contributed by atoms with Gasteiger partial charge in [0.05, 0.1) is 7.05 Å². The quantitative estimate of drug-likeness (QED) is 0.654. The number of imidazole rings is 1. The van der Waals surface area contributed by atoms with Crippen LogP contribution in [0.15, 0.2) is 30.6 Å².